The molecule has 2 aliphatic carbocycles. The lowest BCUT2D eigenvalue weighted by molar-refractivity contribution is 0.661. The molecule has 4 heterocycles. The zero-order valence-electron chi connectivity index (χ0n) is 82.5. The smallest absolute Gasteiger partial charge is 0.238 e. The molecule has 150 heavy (non-hydrogen) atoms. The van der Waals surface area contributed by atoms with Gasteiger partial charge in [0, 0.05) is 49.2 Å². The first kappa shape index (κ1) is 89.3. The van der Waals surface area contributed by atoms with Gasteiger partial charge in [-0.25, -0.2) is 9.97 Å². The number of rotatable bonds is 18. The van der Waals surface area contributed by atoms with Crippen LogP contribution in [0.25, 0.3) is 235 Å². The average Bonchev–Trinajstić information content (AvgIpc) is 1.52. The summed E-state index contributed by atoms with van der Waals surface area (Å²) in [5.74, 6) is 3.45. The first-order valence-corrected chi connectivity index (χ1v) is 51.3. The zero-order chi connectivity index (χ0) is 99.7. The highest BCUT2D eigenvalue weighted by Gasteiger charge is 2.47. The maximum absolute atomic E-state index is 5.59. The summed E-state index contributed by atoms with van der Waals surface area (Å²) in [6.07, 6.45) is 0. The van der Waals surface area contributed by atoms with Crippen molar-refractivity contribution >= 4 is 43.6 Å². The molecule has 704 valence electrons. The molecule has 0 N–H and O–H groups in total. The molecule has 0 amide bonds. The first-order valence-electron chi connectivity index (χ1n) is 51.3. The molecule has 0 atom stereocenters. The van der Waals surface area contributed by atoms with Crippen LogP contribution in [0.5, 0.6) is 0 Å². The Morgan fingerprint density at radius 2 is 0.373 bits per heavy atom. The molecule has 28 rings (SSSR count). The van der Waals surface area contributed by atoms with E-state index in [0.29, 0.717) is 35.2 Å². The largest absolute Gasteiger partial charge is 0.278 e. The molecule has 0 bridgehead atoms. The van der Waals surface area contributed by atoms with Gasteiger partial charge in [-0.15, -0.1) is 0 Å². The van der Waals surface area contributed by atoms with Crippen molar-refractivity contribution in [2.45, 2.75) is 24.7 Å². The highest BCUT2D eigenvalue weighted by molar-refractivity contribution is 6.15. The summed E-state index contributed by atoms with van der Waals surface area (Å²) in [5, 5.41) is 4.50. The van der Waals surface area contributed by atoms with Gasteiger partial charge < -0.3 is 0 Å². The van der Waals surface area contributed by atoms with E-state index in [1.54, 1.807) is 0 Å². The second kappa shape index (κ2) is 37.6. The standard InChI is InChI=1S/C76H50N4.C66H46N4/c1-7-21-51(22-8-1)55-35-39-57(40-36-55)73-77-74(58-41-37-56(38-42-58)52-23-9-2-10-24-52)79-75(78-73)80-71-44-43-59(62-46-60(53-25-11-3-12-26-53)45-61(47-62)54-27-13-4-14-28-54)48-67(71)68-49-66-65-33-19-20-34-69(65)76(70(66)50-72(68)80,63-29-15-5-16-30-63)64-31-17-6-18-32-64;1-66(2)59-31-19-18-30-55(59)56-41-58-57-40-48(43-20-8-3-9-21-43)32-33-61(57)70(62(58)42-60(56)66)65-68-63(53-36-49(44-22-10-4-11-23-44)34-50(37-53)45-24-12-5-13-25-45)67-64(69-65)54-38-51(46-26-14-6-15-27-46)35-52(39-54)47-28-16-7-17-29-47/h1-50H;3-42H,1-2H3. The van der Waals surface area contributed by atoms with E-state index in [1.807, 2.05) is 0 Å². The van der Waals surface area contributed by atoms with Crippen molar-refractivity contribution < 1.29 is 0 Å². The number of aromatic nitrogens is 8. The molecular weight excluding hydrogens is 1820 g/mol. The van der Waals surface area contributed by atoms with Crippen LogP contribution >= 0.6 is 0 Å². The Bertz CT molecular complexity index is 9170. The van der Waals surface area contributed by atoms with Gasteiger partial charge in [-0.1, -0.05) is 457 Å². The van der Waals surface area contributed by atoms with Crippen molar-refractivity contribution in [1.29, 1.82) is 0 Å². The van der Waals surface area contributed by atoms with E-state index >= 15 is 0 Å². The maximum atomic E-state index is 5.59. The molecule has 0 saturated carbocycles. The summed E-state index contributed by atoms with van der Waals surface area (Å²) >= 11 is 0. The Morgan fingerprint density at radius 1 is 0.147 bits per heavy atom. The van der Waals surface area contributed by atoms with E-state index < -0.39 is 5.41 Å². The molecule has 0 fully saturated rings. The van der Waals surface area contributed by atoms with Crippen LogP contribution in [0, 0.1) is 0 Å². The van der Waals surface area contributed by atoms with E-state index in [0.717, 1.165) is 160 Å². The van der Waals surface area contributed by atoms with Crippen LogP contribution in [0.15, 0.2) is 546 Å². The van der Waals surface area contributed by atoms with Gasteiger partial charge in [-0.05, 0) is 270 Å². The number of fused-ring (bicyclic) bond motifs is 12. The third-order valence-electron chi connectivity index (χ3n) is 30.4. The summed E-state index contributed by atoms with van der Waals surface area (Å²) in [6, 6.07) is 196. The van der Waals surface area contributed by atoms with Gasteiger partial charge >= 0.3 is 0 Å². The van der Waals surface area contributed by atoms with E-state index in [1.165, 1.54) is 72.3 Å². The van der Waals surface area contributed by atoms with Gasteiger partial charge in [0.2, 0.25) is 11.9 Å². The highest BCUT2D eigenvalue weighted by atomic mass is 15.2. The normalized spacial score (nSPS) is 12.4. The SMILES string of the molecule is CC1(C)c2ccccc2-c2cc3c4cc(-c5ccccc5)ccc4n(-c4nc(-c5cc(-c6ccccc6)cc(-c6ccccc6)c5)nc(-c5cc(-c6ccccc6)cc(-c6ccccc6)c5)n4)c3cc21.c1ccc(-c2ccc(-c3nc(-c4ccc(-c5ccccc5)cc4)nc(-n4c5ccc(-c6cc(-c7ccccc7)cc(-c7ccccc7)c6)cc5c5cc6c(cc54)C(c4ccccc4)(c4ccccc4)c4ccccc4-6)n3)cc2)cc1. The van der Waals surface area contributed by atoms with Crippen LogP contribution in [0.2, 0.25) is 0 Å². The summed E-state index contributed by atoms with van der Waals surface area (Å²) in [7, 11) is 0. The summed E-state index contributed by atoms with van der Waals surface area (Å²) < 4.78 is 4.57. The molecule has 0 aliphatic heterocycles. The second-order valence-electron chi connectivity index (χ2n) is 39.6. The quantitative estimate of drug-likeness (QED) is 0.0851. The third kappa shape index (κ3) is 16.1. The van der Waals surface area contributed by atoms with Gasteiger partial charge in [0.15, 0.2) is 23.3 Å². The fraction of sp³-hybridized carbons (Fsp3) is 0.0282. The topological polar surface area (TPSA) is 87.2 Å². The molecule has 0 radical (unpaired) electrons. The van der Waals surface area contributed by atoms with Gasteiger partial charge in [0.05, 0.1) is 27.5 Å². The van der Waals surface area contributed by atoms with Gasteiger partial charge in [0.1, 0.15) is 0 Å². The highest BCUT2D eigenvalue weighted by Crippen LogP contribution is 2.59. The van der Waals surface area contributed by atoms with Crippen LogP contribution in [-0.4, -0.2) is 39.0 Å². The molecular formula is C142H96N8. The first-order chi connectivity index (χ1) is 74.1. The Balaban J connectivity index is 0.000000149. The van der Waals surface area contributed by atoms with Gasteiger partial charge in [-0.2, -0.15) is 19.9 Å². The number of nitrogens with zero attached hydrogens (tertiary/aromatic N) is 8. The Kier molecular flexibility index (Phi) is 22.4. The average molecular weight is 1910 g/mol. The minimum Gasteiger partial charge on any atom is -0.278 e. The fourth-order valence-corrected chi connectivity index (χ4v) is 23.0. The van der Waals surface area contributed by atoms with Gasteiger partial charge in [-0.3, -0.25) is 9.13 Å². The Labute approximate surface area is 871 Å². The second-order valence-corrected chi connectivity index (χ2v) is 39.6. The van der Waals surface area contributed by atoms with Crippen LogP contribution in [0.3, 0.4) is 0 Å². The van der Waals surface area contributed by atoms with E-state index in [2.05, 4.69) is 569 Å². The molecule has 0 saturated heterocycles. The molecule has 4 aromatic heterocycles. The van der Waals surface area contributed by atoms with Crippen molar-refractivity contribution in [1.82, 2.24) is 39.0 Å². The lowest BCUT2D eigenvalue weighted by atomic mass is 9.67. The van der Waals surface area contributed by atoms with Crippen LogP contribution in [0.4, 0.5) is 0 Å². The predicted octanol–water partition coefficient (Wildman–Crippen LogP) is 35.9. The van der Waals surface area contributed by atoms with Crippen molar-refractivity contribution in [3.8, 4) is 191 Å². The zero-order valence-corrected chi connectivity index (χ0v) is 82.5. The van der Waals surface area contributed by atoms with Crippen molar-refractivity contribution in [2.75, 3.05) is 0 Å². The Morgan fingerprint density at radius 3 is 0.713 bits per heavy atom. The lowest BCUT2D eigenvalue weighted by Gasteiger charge is -2.34. The van der Waals surface area contributed by atoms with E-state index in [9.17, 15) is 0 Å². The minimum atomic E-state index is -0.628. The number of benzene rings is 22. The van der Waals surface area contributed by atoms with Crippen molar-refractivity contribution in [2.24, 2.45) is 0 Å². The molecule has 8 heteroatoms. The lowest BCUT2D eigenvalue weighted by Crippen LogP contribution is -2.28. The minimum absolute atomic E-state index is 0.219. The third-order valence-corrected chi connectivity index (χ3v) is 30.4. The molecule has 22 aromatic carbocycles. The predicted molar refractivity (Wildman–Crippen MR) is 619 cm³/mol. The van der Waals surface area contributed by atoms with E-state index in [4.69, 9.17) is 29.9 Å². The summed E-state index contributed by atoms with van der Waals surface area (Å²) in [6.45, 7) is 4.69. The number of hydrogen-bond acceptors (Lipinski definition) is 6. The summed E-state index contributed by atoms with van der Waals surface area (Å²) in [4.78, 5) is 33.1. The maximum Gasteiger partial charge on any atom is 0.238 e. The Hall–Kier alpha value is -19.5. The van der Waals surface area contributed by atoms with Crippen LogP contribution in [0.1, 0.15) is 47.2 Å². The van der Waals surface area contributed by atoms with Crippen molar-refractivity contribution in [3.63, 3.8) is 0 Å². The number of hydrogen-bond donors (Lipinski definition) is 0. The molecule has 0 spiro atoms. The molecule has 2 aliphatic rings. The molecule has 8 nitrogen and oxygen atoms in total. The van der Waals surface area contributed by atoms with Crippen LogP contribution < -0.4 is 0 Å². The van der Waals surface area contributed by atoms with E-state index in [-0.39, 0.29) is 5.41 Å². The van der Waals surface area contributed by atoms with Crippen molar-refractivity contribution in [3.05, 3.63) is 579 Å². The fourth-order valence-electron chi connectivity index (χ4n) is 23.0. The summed E-state index contributed by atoms with van der Waals surface area (Å²) in [5.41, 5.74) is 41.9. The van der Waals surface area contributed by atoms with Crippen LogP contribution in [-0.2, 0) is 10.8 Å². The molecule has 0 unspecified atom stereocenters. The molecule has 26 aromatic rings. The van der Waals surface area contributed by atoms with Gasteiger partial charge in [0.25, 0.3) is 0 Å². The monoisotopic (exact) mass is 1910 g/mol.